The van der Waals surface area contributed by atoms with Crippen LogP contribution in [0.15, 0.2) is 70.3 Å². The van der Waals surface area contributed by atoms with E-state index in [0.717, 1.165) is 39.0 Å². The quantitative estimate of drug-likeness (QED) is 0.417. The Balaban J connectivity index is 1.99. The van der Waals surface area contributed by atoms with Crippen molar-refractivity contribution in [1.82, 2.24) is 9.13 Å². The number of aromatic nitrogens is 2. The highest BCUT2D eigenvalue weighted by Crippen LogP contribution is 2.28. The molecule has 0 radical (unpaired) electrons. The fraction of sp³-hybridized carbons (Fsp3) is 0.241. The van der Waals surface area contributed by atoms with E-state index >= 15 is 0 Å². The van der Waals surface area contributed by atoms with Crippen LogP contribution in [0, 0.1) is 39.3 Å². The molecule has 7 heteroatoms. The molecule has 36 heavy (non-hydrogen) atoms. The molecule has 0 unspecified atom stereocenters. The molecule has 0 bridgehead atoms. The Bertz CT molecular complexity index is 1510. The molecule has 3 aromatic carbocycles. The first kappa shape index (κ1) is 25.3. The number of hydrogen-bond acceptors (Lipinski definition) is 3. The third-order valence-electron chi connectivity index (χ3n) is 6.60. The van der Waals surface area contributed by atoms with Crippen LogP contribution in [-0.4, -0.2) is 9.13 Å². The fourth-order valence-electron chi connectivity index (χ4n) is 4.85. The first-order valence-corrected chi connectivity index (χ1v) is 11.8. The average Bonchev–Trinajstić information content (AvgIpc) is 2.83. The molecule has 5 nitrogen and oxygen atoms in total. The number of nitrogens with two attached hydrogens (primary N) is 1. The van der Waals surface area contributed by atoms with E-state index in [-0.39, 0.29) is 18.7 Å². The Labute approximate surface area is 208 Å². The van der Waals surface area contributed by atoms with Gasteiger partial charge in [-0.3, -0.25) is 13.9 Å². The molecular formula is C29H29F2N3O2. The fourth-order valence-corrected chi connectivity index (χ4v) is 4.85. The second kappa shape index (κ2) is 10.0. The highest BCUT2D eigenvalue weighted by Gasteiger charge is 2.23. The molecule has 0 aliphatic rings. The highest BCUT2D eigenvalue weighted by molar-refractivity contribution is 5.72. The van der Waals surface area contributed by atoms with Gasteiger partial charge in [-0.15, -0.1) is 0 Å². The van der Waals surface area contributed by atoms with Crippen molar-refractivity contribution in [2.24, 2.45) is 5.73 Å². The van der Waals surface area contributed by atoms with Crippen molar-refractivity contribution in [1.29, 1.82) is 0 Å². The molecule has 0 fully saturated rings. The lowest BCUT2D eigenvalue weighted by molar-refractivity contribution is 0.493. The SMILES string of the molecule is Cc1cc(C)c(-c2c(C)n(Cc3c(F)cccc3F)c(=O)n(C[C@H](N)c3ccccc3)c2=O)c(C)c1. The first-order chi connectivity index (χ1) is 17.1. The Morgan fingerprint density at radius 2 is 1.39 bits per heavy atom. The van der Waals surface area contributed by atoms with E-state index in [1.54, 1.807) is 6.92 Å². The van der Waals surface area contributed by atoms with Crippen molar-refractivity contribution >= 4 is 0 Å². The van der Waals surface area contributed by atoms with Crippen LogP contribution in [0.1, 0.15) is 39.6 Å². The lowest BCUT2D eigenvalue weighted by Crippen LogP contribution is -2.44. The minimum atomic E-state index is -0.760. The number of rotatable bonds is 6. The summed E-state index contributed by atoms with van der Waals surface area (Å²) in [5.74, 6) is -1.52. The highest BCUT2D eigenvalue weighted by atomic mass is 19.1. The molecule has 186 valence electrons. The molecule has 1 heterocycles. The molecule has 2 N–H and O–H groups in total. The maximum atomic E-state index is 14.6. The van der Waals surface area contributed by atoms with E-state index in [4.69, 9.17) is 5.73 Å². The van der Waals surface area contributed by atoms with Crippen LogP contribution < -0.4 is 17.0 Å². The predicted octanol–water partition coefficient (Wildman–Crippen LogP) is 4.94. The topological polar surface area (TPSA) is 70.0 Å². The average molecular weight is 490 g/mol. The first-order valence-electron chi connectivity index (χ1n) is 11.8. The van der Waals surface area contributed by atoms with Crippen molar-refractivity contribution in [3.63, 3.8) is 0 Å². The summed E-state index contributed by atoms with van der Waals surface area (Å²) in [6, 6.07) is 16.0. The summed E-state index contributed by atoms with van der Waals surface area (Å²) in [6.45, 7) is 6.97. The summed E-state index contributed by atoms with van der Waals surface area (Å²) >= 11 is 0. The largest absolute Gasteiger partial charge is 0.331 e. The van der Waals surface area contributed by atoms with Gasteiger partial charge in [-0.1, -0.05) is 54.1 Å². The van der Waals surface area contributed by atoms with Gasteiger partial charge < -0.3 is 5.73 Å². The number of nitrogens with zero attached hydrogens (tertiary/aromatic N) is 2. The normalized spacial score (nSPS) is 12.1. The van der Waals surface area contributed by atoms with Crippen molar-refractivity contribution in [2.75, 3.05) is 0 Å². The van der Waals surface area contributed by atoms with Gasteiger partial charge in [0, 0.05) is 17.3 Å². The molecule has 4 aromatic rings. The number of hydrogen-bond donors (Lipinski definition) is 1. The van der Waals surface area contributed by atoms with Gasteiger partial charge in [0.1, 0.15) is 11.6 Å². The van der Waals surface area contributed by atoms with Crippen molar-refractivity contribution in [3.8, 4) is 11.1 Å². The van der Waals surface area contributed by atoms with E-state index in [9.17, 15) is 18.4 Å². The Hall–Kier alpha value is -3.84. The van der Waals surface area contributed by atoms with Gasteiger partial charge in [0.2, 0.25) is 0 Å². The molecule has 0 aliphatic heterocycles. The summed E-state index contributed by atoms with van der Waals surface area (Å²) in [4.78, 5) is 27.5. The third-order valence-corrected chi connectivity index (χ3v) is 6.60. The van der Waals surface area contributed by atoms with Crippen LogP contribution in [-0.2, 0) is 13.1 Å². The van der Waals surface area contributed by atoms with Gasteiger partial charge in [0.05, 0.1) is 18.7 Å². The predicted molar refractivity (Wildman–Crippen MR) is 138 cm³/mol. The van der Waals surface area contributed by atoms with Gasteiger partial charge in [-0.05, 0) is 62.1 Å². The molecule has 0 amide bonds. The molecule has 0 saturated heterocycles. The molecule has 0 spiro atoms. The summed E-state index contributed by atoms with van der Waals surface area (Å²) < 4.78 is 31.5. The number of halogens is 2. The maximum absolute atomic E-state index is 14.6. The lowest BCUT2D eigenvalue weighted by atomic mass is 9.93. The van der Waals surface area contributed by atoms with E-state index in [0.29, 0.717) is 16.8 Å². The van der Waals surface area contributed by atoms with Crippen molar-refractivity contribution in [2.45, 2.75) is 46.8 Å². The lowest BCUT2D eigenvalue weighted by Gasteiger charge is -2.22. The van der Waals surface area contributed by atoms with Crippen LogP contribution in [0.2, 0.25) is 0 Å². The van der Waals surface area contributed by atoms with Crippen LogP contribution >= 0.6 is 0 Å². The second-order valence-electron chi connectivity index (χ2n) is 9.24. The minimum absolute atomic E-state index is 0.0847. The van der Waals surface area contributed by atoms with E-state index in [1.165, 1.54) is 10.6 Å². The smallest absolute Gasteiger partial charge is 0.322 e. The molecule has 1 atom stereocenters. The van der Waals surface area contributed by atoms with Gasteiger partial charge in [0.15, 0.2) is 0 Å². The van der Waals surface area contributed by atoms with Gasteiger partial charge >= 0.3 is 5.69 Å². The monoisotopic (exact) mass is 489 g/mol. The number of benzene rings is 3. The summed E-state index contributed by atoms with van der Waals surface area (Å²) in [6.07, 6.45) is 0. The molecule has 1 aromatic heterocycles. The van der Waals surface area contributed by atoms with Crippen LogP contribution in [0.3, 0.4) is 0 Å². The Morgan fingerprint density at radius 3 is 1.97 bits per heavy atom. The zero-order chi connectivity index (χ0) is 26.1. The van der Waals surface area contributed by atoms with E-state index < -0.39 is 28.9 Å². The molecule has 0 saturated carbocycles. The maximum Gasteiger partial charge on any atom is 0.331 e. The van der Waals surface area contributed by atoms with Gasteiger partial charge in [-0.25, -0.2) is 13.6 Å². The van der Waals surface area contributed by atoms with Gasteiger partial charge in [0.25, 0.3) is 5.56 Å². The standard InChI is InChI=1S/C29H29F2N3O2/c1-17-13-18(2)26(19(3)14-17)27-20(4)33(15-22-23(30)11-8-12-24(22)31)29(36)34(28(27)35)16-25(32)21-9-6-5-7-10-21/h5-14,25H,15-16,32H2,1-4H3/t25-/m0/s1. The van der Waals surface area contributed by atoms with Crippen LogP contribution in [0.5, 0.6) is 0 Å². The third kappa shape index (κ3) is 4.66. The second-order valence-corrected chi connectivity index (χ2v) is 9.24. The van der Waals surface area contributed by atoms with Crippen molar-refractivity contribution in [3.05, 3.63) is 127 Å². The van der Waals surface area contributed by atoms with Crippen LogP contribution in [0.25, 0.3) is 11.1 Å². The summed E-state index contributed by atoms with van der Waals surface area (Å²) in [7, 11) is 0. The minimum Gasteiger partial charge on any atom is -0.322 e. The molecule has 4 rings (SSSR count). The van der Waals surface area contributed by atoms with E-state index in [1.807, 2.05) is 63.2 Å². The molecular weight excluding hydrogens is 460 g/mol. The Morgan fingerprint density at radius 1 is 0.806 bits per heavy atom. The van der Waals surface area contributed by atoms with Gasteiger partial charge in [-0.2, -0.15) is 0 Å². The van der Waals surface area contributed by atoms with Crippen LogP contribution in [0.4, 0.5) is 8.78 Å². The van der Waals surface area contributed by atoms with Crippen molar-refractivity contribution < 1.29 is 8.78 Å². The van der Waals surface area contributed by atoms with E-state index in [2.05, 4.69) is 0 Å². The zero-order valence-corrected chi connectivity index (χ0v) is 20.8. The summed E-state index contributed by atoms with van der Waals surface area (Å²) in [5.41, 5.74) is 9.90. The Kier molecular flexibility index (Phi) is 7.04. The summed E-state index contributed by atoms with van der Waals surface area (Å²) in [5, 5.41) is 0. The number of aryl methyl sites for hydroxylation is 3. The molecule has 0 aliphatic carbocycles. The zero-order valence-electron chi connectivity index (χ0n) is 20.8.